The number of amides is 1. The number of nitrogens with zero attached hydrogens (tertiary/aromatic N) is 2. The van der Waals surface area contributed by atoms with Gasteiger partial charge in [0, 0.05) is 18.1 Å². The minimum absolute atomic E-state index is 0.00115. The van der Waals surface area contributed by atoms with Crippen LogP contribution in [0.3, 0.4) is 0 Å². The number of aliphatic hydroxyl groups is 1. The number of rotatable bonds is 5. The van der Waals surface area contributed by atoms with E-state index in [0.717, 1.165) is 6.42 Å². The van der Waals surface area contributed by atoms with Gasteiger partial charge in [-0.25, -0.2) is 4.98 Å². The lowest BCUT2D eigenvalue weighted by Crippen LogP contribution is -2.33. The van der Waals surface area contributed by atoms with Crippen molar-refractivity contribution in [1.82, 2.24) is 20.5 Å². The molecule has 1 amide bonds. The van der Waals surface area contributed by atoms with Gasteiger partial charge >= 0.3 is 0 Å². The molecule has 0 bridgehead atoms. The van der Waals surface area contributed by atoms with E-state index in [1.807, 2.05) is 27.7 Å². The van der Waals surface area contributed by atoms with Gasteiger partial charge in [0.2, 0.25) is 5.82 Å². The van der Waals surface area contributed by atoms with Crippen molar-refractivity contribution in [3.05, 3.63) is 11.6 Å². The van der Waals surface area contributed by atoms with Gasteiger partial charge in [0.05, 0.1) is 0 Å². The molecule has 0 saturated carbocycles. The van der Waals surface area contributed by atoms with Gasteiger partial charge in [-0.2, -0.15) is 0 Å². The number of H-pyrrole nitrogens is 1. The lowest BCUT2D eigenvalue weighted by Gasteiger charge is -2.13. The van der Waals surface area contributed by atoms with Crippen molar-refractivity contribution < 1.29 is 9.90 Å². The molecular weight excluding hydrogens is 232 g/mol. The Labute approximate surface area is 107 Å². The van der Waals surface area contributed by atoms with Gasteiger partial charge in [0.1, 0.15) is 5.82 Å². The Kier molecular flexibility index (Phi) is 4.84. The summed E-state index contributed by atoms with van der Waals surface area (Å²) < 4.78 is 0. The summed E-state index contributed by atoms with van der Waals surface area (Å²) in [5, 5.41) is 18.2. The average molecular weight is 254 g/mol. The summed E-state index contributed by atoms with van der Waals surface area (Å²) in [6.07, 6.45) is 1.40. The molecule has 6 nitrogen and oxygen atoms in total. The number of carbonyl (C=O) groups is 1. The second kappa shape index (κ2) is 5.95. The van der Waals surface area contributed by atoms with Gasteiger partial charge in [-0.1, -0.05) is 20.8 Å². The molecule has 102 valence electrons. The zero-order chi connectivity index (χ0) is 13.8. The zero-order valence-electron chi connectivity index (χ0n) is 11.4. The van der Waals surface area contributed by atoms with Crippen LogP contribution >= 0.6 is 0 Å². The van der Waals surface area contributed by atoms with E-state index in [0.29, 0.717) is 12.2 Å². The molecule has 1 rings (SSSR count). The monoisotopic (exact) mass is 254 g/mol. The first-order chi connectivity index (χ1) is 8.34. The summed E-state index contributed by atoms with van der Waals surface area (Å²) in [7, 11) is 0. The minimum atomic E-state index is -0.285. The van der Waals surface area contributed by atoms with Crippen LogP contribution in [0.25, 0.3) is 0 Å². The maximum absolute atomic E-state index is 11.8. The van der Waals surface area contributed by atoms with Gasteiger partial charge in [-0.05, 0) is 19.8 Å². The number of aliphatic hydroxyl groups excluding tert-OH is 1. The quantitative estimate of drug-likeness (QED) is 0.731. The van der Waals surface area contributed by atoms with Crippen molar-refractivity contribution in [3.8, 4) is 0 Å². The Hall–Kier alpha value is -1.43. The number of hydrogen-bond donors (Lipinski definition) is 3. The lowest BCUT2D eigenvalue weighted by atomic mass is 9.96. The van der Waals surface area contributed by atoms with Crippen LogP contribution < -0.4 is 5.32 Å². The number of nitrogens with one attached hydrogen (secondary N) is 2. The van der Waals surface area contributed by atoms with Crippen LogP contribution in [0.15, 0.2) is 0 Å². The topological polar surface area (TPSA) is 90.9 Å². The summed E-state index contributed by atoms with van der Waals surface area (Å²) in [6, 6.07) is 0.00115. The minimum Gasteiger partial charge on any atom is -0.396 e. The highest BCUT2D eigenvalue weighted by atomic mass is 16.3. The molecule has 0 radical (unpaired) electrons. The molecule has 18 heavy (non-hydrogen) atoms. The Balaban J connectivity index is 2.59. The van der Waals surface area contributed by atoms with E-state index in [1.165, 1.54) is 0 Å². The van der Waals surface area contributed by atoms with Gasteiger partial charge in [0.25, 0.3) is 5.91 Å². The van der Waals surface area contributed by atoms with Gasteiger partial charge in [-0.3, -0.25) is 9.89 Å². The number of hydrogen-bond acceptors (Lipinski definition) is 4. The predicted octanol–water partition coefficient (Wildman–Crippen LogP) is 0.993. The van der Waals surface area contributed by atoms with Gasteiger partial charge < -0.3 is 10.4 Å². The number of aromatic nitrogens is 3. The smallest absolute Gasteiger partial charge is 0.291 e. The molecule has 0 aromatic carbocycles. The lowest BCUT2D eigenvalue weighted by molar-refractivity contribution is 0.0926. The van der Waals surface area contributed by atoms with E-state index in [-0.39, 0.29) is 29.8 Å². The highest BCUT2D eigenvalue weighted by Crippen LogP contribution is 2.17. The molecule has 3 N–H and O–H groups in total. The second-order valence-corrected chi connectivity index (χ2v) is 5.50. The van der Waals surface area contributed by atoms with Crippen molar-refractivity contribution >= 4 is 5.91 Å². The van der Waals surface area contributed by atoms with E-state index < -0.39 is 0 Å². The third-order valence-electron chi connectivity index (χ3n) is 2.57. The second-order valence-electron chi connectivity index (χ2n) is 5.50. The SMILES string of the molecule is CC(CCCO)NC(=O)c1n[nH]c(C(C)(C)C)n1. The molecule has 1 heterocycles. The Morgan fingerprint density at radius 1 is 1.50 bits per heavy atom. The maximum atomic E-state index is 11.8. The number of carbonyl (C=O) groups excluding carboxylic acids is 1. The van der Waals surface area contributed by atoms with Crippen molar-refractivity contribution in [2.45, 2.75) is 52.0 Å². The van der Waals surface area contributed by atoms with Crippen LogP contribution in [0.4, 0.5) is 0 Å². The van der Waals surface area contributed by atoms with Crippen LogP contribution in [0.1, 0.15) is 57.0 Å². The first-order valence-electron chi connectivity index (χ1n) is 6.19. The van der Waals surface area contributed by atoms with Crippen molar-refractivity contribution in [2.75, 3.05) is 6.61 Å². The van der Waals surface area contributed by atoms with E-state index in [9.17, 15) is 4.79 Å². The van der Waals surface area contributed by atoms with Gasteiger partial charge in [-0.15, -0.1) is 5.10 Å². The molecule has 0 aliphatic rings. The van der Waals surface area contributed by atoms with Crippen molar-refractivity contribution in [1.29, 1.82) is 0 Å². The zero-order valence-corrected chi connectivity index (χ0v) is 11.4. The summed E-state index contributed by atoms with van der Waals surface area (Å²) >= 11 is 0. The van der Waals surface area contributed by atoms with Crippen molar-refractivity contribution in [2.24, 2.45) is 0 Å². The molecule has 1 aromatic rings. The predicted molar refractivity (Wildman–Crippen MR) is 68.3 cm³/mol. The van der Waals surface area contributed by atoms with E-state index in [4.69, 9.17) is 5.11 Å². The fraction of sp³-hybridized carbons (Fsp3) is 0.750. The van der Waals surface area contributed by atoms with Crippen LogP contribution in [0, 0.1) is 0 Å². The molecule has 0 spiro atoms. The van der Waals surface area contributed by atoms with Crippen LogP contribution in [-0.4, -0.2) is 38.8 Å². The molecule has 1 atom stereocenters. The third-order valence-corrected chi connectivity index (χ3v) is 2.57. The Bertz CT molecular complexity index is 395. The fourth-order valence-electron chi connectivity index (χ4n) is 1.46. The fourth-order valence-corrected chi connectivity index (χ4v) is 1.46. The molecule has 0 fully saturated rings. The molecule has 0 saturated heterocycles. The molecule has 6 heteroatoms. The average Bonchev–Trinajstić information content (AvgIpc) is 2.75. The van der Waals surface area contributed by atoms with Crippen LogP contribution in [0.5, 0.6) is 0 Å². The van der Waals surface area contributed by atoms with Crippen LogP contribution in [-0.2, 0) is 5.41 Å². The van der Waals surface area contributed by atoms with Gasteiger partial charge in [0.15, 0.2) is 0 Å². The summed E-state index contributed by atoms with van der Waals surface area (Å²) in [4.78, 5) is 16.0. The van der Waals surface area contributed by atoms with E-state index in [2.05, 4.69) is 20.5 Å². The molecule has 0 aliphatic heterocycles. The first-order valence-corrected chi connectivity index (χ1v) is 6.19. The van der Waals surface area contributed by atoms with Crippen molar-refractivity contribution in [3.63, 3.8) is 0 Å². The molecule has 1 unspecified atom stereocenters. The molecular formula is C12H22N4O2. The third kappa shape index (κ3) is 4.10. The maximum Gasteiger partial charge on any atom is 0.291 e. The molecule has 0 aliphatic carbocycles. The number of aromatic amines is 1. The standard InChI is InChI=1S/C12H22N4O2/c1-8(6-5-7-17)13-10(18)9-14-11(16-15-9)12(2,3)4/h8,17H,5-7H2,1-4H3,(H,13,18)(H,14,15,16). The Morgan fingerprint density at radius 2 is 2.17 bits per heavy atom. The highest BCUT2D eigenvalue weighted by molar-refractivity contribution is 5.90. The normalized spacial score (nSPS) is 13.4. The Morgan fingerprint density at radius 3 is 2.67 bits per heavy atom. The first kappa shape index (κ1) is 14.6. The van der Waals surface area contributed by atoms with E-state index >= 15 is 0 Å². The largest absolute Gasteiger partial charge is 0.396 e. The molecule has 1 aromatic heterocycles. The summed E-state index contributed by atoms with van der Waals surface area (Å²) in [6.45, 7) is 8.02. The highest BCUT2D eigenvalue weighted by Gasteiger charge is 2.21. The summed E-state index contributed by atoms with van der Waals surface area (Å²) in [5.41, 5.74) is -0.159. The van der Waals surface area contributed by atoms with E-state index in [1.54, 1.807) is 0 Å². The van der Waals surface area contributed by atoms with Crippen LogP contribution in [0.2, 0.25) is 0 Å². The summed E-state index contributed by atoms with van der Waals surface area (Å²) in [5.74, 6) is 0.568.